The molecule has 0 spiro atoms. The lowest BCUT2D eigenvalue weighted by molar-refractivity contribution is 0.414. The fraction of sp³-hybridized carbons (Fsp3) is 0.211. The standard InChI is InChI=1S/C19H18BrN3O2/c1-4-18-22-17-8-6-14(20)10-16(17)19(24)23(18)21-11-13-5-7-15(25-3)9-12(13)2/h5-11H,4H2,1-3H3. The average molecular weight is 400 g/mol. The van der Waals surface area contributed by atoms with E-state index in [1.54, 1.807) is 19.4 Å². The Balaban J connectivity index is 2.11. The predicted molar refractivity (Wildman–Crippen MR) is 104 cm³/mol. The van der Waals surface area contributed by atoms with Gasteiger partial charge in [-0.3, -0.25) is 4.79 Å². The van der Waals surface area contributed by atoms with Crippen molar-refractivity contribution in [1.29, 1.82) is 0 Å². The topological polar surface area (TPSA) is 56.5 Å². The Morgan fingerprint density at radius 2 is 2.08 bits per heavy atom. The van der Waals surface area contributed by atoms with Crippen LogP contribution in [-0.2, 0) is 6.42 Å². The van der Waals surface area contributed by atoms with Crippen LogP contribution in [0.3, 0.4) is 0 Å². The second-order valence-electron chi connectivity index (χ2n) is 5.63. The maximum Gasteiger partial charge on any atom is 0.282 e. The van der Waals surface area contributed by atoms with Crippen molar-refractivity contribution in [3.8, 4) is 5.75 Å². The number of hydrogen-bond acceptors (Lipinski definition) is 4. The molecule has 3 rings (SSSR count). The molecule has 25 heavy (non-hydrogen) atoms. The molecule has 3 aromatic rings. The lowest BCUT2D eigenvalue weighted by Crippen LogP contribution is -2.22. The zero-order valence-electron chi connectivity index (χ0n) is 14.3. The molecule has 6 heteroatoms. The van der Waals surface area contributed by atoms with Crippen molar-refractivity contribution in [1.82, 2.24) is 9.66 Å². The Bertz CT molecular complexity index is 1030. The largest absolute Gasteiger partial charge is 0.497 e. The van der Waals surface area contributed by atoms with Crippen LogP contribution in [0.4, 0.5) is 0 Å². The predicted octanol–water partition coefficient (Wildman–Crippen LogP) is 3.92. The van der Waals surface area contributed by atoms with Crippen LogP contribution in [-0.4, -0.2) is 23.0 Å². The lowest BCUT2D eigenvalue weighted by Gasteiger charge is -2.08. The first-order valence-electron chi connectivity index (χ1n) is 7.93. The molecular weight excluding hydrogens is 382 g/mol. The summed E-state index contributed by atoms with van der Waals surface area (Å²) in [5.74, 6) is 1.42. The summed E-state index contributed by atoms with van der Waals surface area (Å²) >= 11 is 3.40. The van der Waals surface area contributed by atoms with Crippen LogP contribution in [0.5, 0.6) is 5.75 Å². The van der Waals surface area contributed by atoms with Gasteiger partial charge in [-0.2, -0.15) is 9.78 Å². The summed E-state index contributed by atoms with van der Waals surface area (Å²) in [6, 6.07) is 11.2. The number of methoxy groups -OCH3 is 1. The van der Waals surface area contributed by atoms with E-state index in [-0.39, 0.29) is 5.56 Å². The smallest absolute Gasteiger partial charge is 0.282 e. The number of ether oxygens (including phenoxy) is 1. The van der Waals surface area contributed by atoms with Crippen molar-refractivity contribution < 1.29 is 4.74 Å². The highest BCUT2D eigenvalue weighted by molar-refractivity contribution is 9.10. The first kappa shape index (κ1) is 17.4. The molecule has 128 valence electrons. The summed E-state index contributed by atoms with van der Waals surface area (Å²) in [4.78, 5) is 17.4. The molecule has 0 fully saturated rings. The molecule has 0 aliphatic rings. The molecule has 1 heterocycles. The van der Waals surface area contributed by atoms with E-state index in [0.29, 0.717) is 23.1 Å². The molecule has 0 radical (unpaired) electrons. The van der Waals surface area contributed by atoms with Crippen molar-refractivity contribution >= 4 is 33.0 Å². The summed E-state index contributed by atoms with van der Waals surface area (Å²) in [5.41, 5.74) is 2.44. The third kappa shape index (κ3) is 3.49. The van der Waals surface area contributed by atoms with Gasteiger partial charge in [0.25, 0.3) is 5.56 Å². The second-order valence-corrected chi connectivity index (χ2v) is 6.54. The molecule has 0 amide bonds. The molecule has 0 aliphatic carbocycles. The van der Waals surface area contributed by atoms with Gasteiger partial charge in [0.2, 0.25) is 0 Å². The van der Waals surface area contributed by atoms with E-state index in [1.807, 2.05) is 44.2 Å². The minimum Gasteiger partial charge on any atom is -0.497 e. The zero-order valence-corrected chi connectivity index (χ0v) is 15.9. The lowest BCUT2D eigenvalue weighted by atomic mass is 10.1. The van der Waals surface area contributed by atoms with Crippen LogP contribution in [0.1, 0.15) is 23.9 Å². The summed E-state index contributed by atoms with van der Waals surface area (Å²) in [5, 5.41) is 4.94. The first-order chi connectivity index (χ1) is 12.0. The Labute approximate surface area is 154 Å². The SMILES string of the molecule is CCc1nc2ccc(Br)cc2c(=O)n1N=Cc1ccc(OC)cc1C. The number of halogens is 1. The van der Waals surface area contributed by atoms with Gasteiger partial charge in [0.05, 0.1) is 24.2 Å². The third-order valence-electron chi connectivity index (χ3n) is 3.98. The molecule has 5 nitrogen and oxygen atoms in total. The molecule has 1 aromatic heterocycles. The van der Waals surface area contributed by atoms with E-state index in [2.05, 4.69) is 26.0 Å². The van der Waals surface area contributed by atoms with Gasteiger partial charge in [0, 0.05) is 10.9 Å². The van der Waals surface area contributed by atoms with Gasteiger partial charge in [-0.15, -0.1) is 0 Å². The number of aryl methyl sites for hydroxylation is 2. The fourth-order valence-electron chi connectivity index (χ4n) is 2.58. The van der Waals surface area contributed by atoms with Crippen molar-refractivity contribution in [3.05, 3.63) is 68.2 Å². The van der Waals surface area contributed by atoms with Crippen molar-refractivity contribution in [2.45, 2.75) is 20.3 Å². The van der Waals surface area contributed by atoms with Crippen LogP contribution < -0.4 is 10.3 Å². The fourth-order valence-corrected chi connectivity index (χ4v) is 2.94. The number of hydrogen-bond donors (Lipinski definition) is 0. The molecule has 0 aliphatic heterocycles. The van der Waals surface area contributed by atoms with Gasteiger partial charge in [-0.05, 0) is 54.4 Å². The molecule has 2 aromatic carbocycles. The number of aromatic nitrogens is 2. The maximum atomic E-state index is 12.8. The summed E-state index contributed by atoms with van der Waals surface area (Å²) in [7, 11) is 1.63. The molecule has 0 saturated heterocycles. The van der Waals surface area contributed by atoms with Crippen LogP contribution in [0.15, 0.2) is 50.8 Å². The number of benzene rings is 2. The van der Waals surface area contributed by atoms with E-state index < -0.39 is 0 Å². The number of fused-ring (bicyclic) bond motifs is 1. The van der Waals surface area contributed by atoms with Crippen molar-refractivity contribution in [2.75, 3.05) is 7.11 Å². The van der Waals surface area contributed by atoms with E-state index in [4.69, 9.17) is 4.74 Å². The Kier molecular flexibility index (Phi) is 4.99. The minimum absolute atomic E-state index is 0.175. The molecule has 0 N–H and O–H groups in total. The van der Waals surface area contributed by atoms with Gasteiger partial charge < -0.3 is 4.74 Å². The summed E-state index contributed by atoms with van der Waals surface area (Å²) in [6.07, 6.45) is 2.29. The first-order valence-corrected chi connectivity index (χ1v) is 8.73. The average Bonchev–Trinajstić information content (AvgIpc) is 2.62. The van der Waals surface area contributed by atoms with Crippen LogP contribution in [0.2, 0.25) is 0 Å². The van der Waals surface area contributed by atoms with E-state index >= 15 is 0 Å². The third-order valence-corrected chi connectivity index (χ3v) is 4.47. The van der Waals surface area contributed by atoms with E-state index in [0.717, 1.165) is 21.3 Å². The van der Waals surface area contributed by atoms with Gasteiger partial charge in [-0.1, -0.05) is 22.9 Å². The van der Waals surface area contributed by atoms with E-state index in [1.165, 1.54) is 4.68 Å². The van der Waals surface area contributed by atoms with Crippen molar-refractivity contribution in [2.24, 2.45) is 5.10 Å². The highest BCUT2D eigenvalue weighted by Gasteiger charge is 2.09. The quantitative estimate of drug-likeness (QED) is 0.624. The van der Waals surface area contributed by atoms with Crippen LogP contribution in [0.25, 0.3) is 10.9 Å². The zero-order chi connectivity index (χ0) is 18.0. The van der Waals surface area contributed by atoms with Gasteiger partial charge in [0.15, 0.2) is 0 Å². The number of nitrogens with zero attached hydrogens (tertiary/aromatic N) is 3. The van der Waals surface area contributed by atoms with Gasteiger partial charge >= 0.3 is 0 Å². The Morgan fingerprint density at radius 1 is 1.28 bits per heavy atom. The molecule has 0 bridgehead atoms. The molecule has 0 unspecified atom stereocenters. The summed E-state index contributed by atoms with van der Waals surface area (Å²) < 4.78 is 7.42. The molecule has 0 atom stereocenters. The van der Waals surface area contributed by atoms with Crippen LogP contribution >= 0.6 is 15.9 Å². The highest BCUT2D eigenvalue weighted by atomic mass is 79.9. The Morgan fingerprint density at radius 3 is 2.76 bits per heavy atom. The van der Waals surface area contributed by atoms with Gasteiger partial charge in [-0.25, -0.2) is 4.98 Å². The molecule has 0 saturated carbocycles. The second kappa shape index (κ2) is 7.19. The van der Waals surface area contributed by atoms with E-state index in [9.17, 15) is 4.79 Å². The normalized spacial score (nSPS) is 11.4. The Hall–Kier alpha value is -2.47. The maximum absolute atomic E-state index is 12.8. The van der Waals surface area contributed by atoms with Gasteiger partial charge in [0.1, 0.15) is 11.6 Å². The van der Waals surface area contributed by atoms with Crippen molar-refractivity contribution in [3.63, 3.8) is 0 Å². The highest BCUT2D eigenvalue weighted by Crippen LogP contribution is 2.17. The number of rotatable bonds is 4. The minimum atomic E-state index is -0.175. The molecular formula is C19H18BrN3O2. The monoisotopic (exact) mass is 399 g/mol. The summed E-state index contributed by atoms with van der Waals surface area (Å²) in [6.45, 7) is 3.93. The van der Waals surface area contributed by atoms with Crippen LogP contribution in [0, 0.1) is 6.92 Å².